The fraction of sp³-hybridized carbons (Fsp3) is 0.300. The van der Waals surface area contributed by atoms with E-state index in [9.17, 15) is 8.76 Å². The summed E-state index contributed by atoms with van der Waals surface area (Å²) >= 11 is -2.14. The minimum absolute atomic E-state index is 0. The van der Waals surface area contributed by atoms with Gasteiger partial charge in [0, 0.05) is 24.1 Å². The van der Waals surface area contributed by atoms with Crippen molar-refractivity contribution in [1.29, 1.82) is 0 Å². The summed E-state index contributed by atoms with van der Waals surface area (Å²) in [5, 5.41) is 0. The molecule has 1 aromatic rings. The van der Waals surface area contributed by atoms with Gasteiger partial charge in [0.15, 0.2) is 0 Å². The van der Waals surface area contributed by atoms with Crippen LogP contribution in [0, 0.1) is 0 Å². The molecule has 0 aliphatic heterocycles. The van der Waals surface area contributed by atoms with Crippen molar-refractivity contribution in [2.24, 2.45) is 4.99 Å². The van der Waals surface area contributed by atoms with Crippen molar-refractivity contribution < 1.29 is 38.3 Å². The van der Waals surface area contributed by atoms with E-state index < -0.39 is 11.1 Å². The molecule has 0 aliphatic carbocycles. The van der Waals surface area contributed by atoms with E-state index in [4.69, 9.17) is 0 Å². The largest absolute Gasteiger partial charge is 1.00 e. The van der Waals surface area contributed by atoms with Gasteiger partial charge in [-0.15, -0.1) is 0 Å². The molecule has 0 N–H and O–H groups in total. The first-order valence-electron chi connectivity index (χ1n) is 4.26. The van der Waals surface area contributed by atoms with Crippen molar-refractivity contribution in [2.75, 3.05) is 7.05 Å². The summed E-state index contributed by atoms with van der Waals surface area (Å²) in [7, 11) is 1.72. The molecule has 2 atom stereocenters. The standard InChI is InChI=1S/C10H13NO2S.Na/c1-8(7-11-2)9-3-5-10(6-4-9)14(12)13;/h3-8H,1-2H3,(H,12,13);/q;+1/p-1. The first-order chi connectivity index (χ1) is 6.65. The van der Waals surface area contributed by atoms with Crippen LogP contribution in [0.3, 0.4) is 0 Å². The molecule has 1 aromatic carbocycles. The van der Waals surface area contributed by atoms with Crippen LogP contribution in [-0.4, -0.2) is 22.0 Å². The average Bonchev–Trinajstić information content (AvgIpc) is 2.18. The van der Waals surface area contributed by atoms with E-state index in [0.29, 0.717) is 4.90 Å². The molecule has 0 bridgehead atoms. The van der Waals surface area contributed by atoms with E-state index in [-0.39, 0.29) is 35.5 Å². The summed E-state index contributed by atoms with van der Waals surface area (Å²) in [5.74, 6) is 0.217. The number of benzene rings is 1. The third kappa shape index (κ3) is 4.57. The fourth-order valence-electron chi connectivity index (χ4n) is 1.19. The van der Waals surface area contributed by atoms with Gasteiger partial charge >= 0.3 is 29.6 Å². The molecule has 0 saturated carbocycles. The fourth-order valence-corrected chi connectivity index (χ4v) is 1.55. The van der Waals surface area contributed by atoms with Crippen molar-refractivity contribution in [3.8, 4) is 0 Å². The number of aliphatic imine (C=N–C) groups is 1. The molecule has 76 valence electrons. The van der Waals surface area contributed by atoms with E-state index in [0.717, 1.165) is 5.56 Å². The topological polar surface area (TPSA) is 52.5 Å². The van der Waals surface area contributed by atoms with Crippen LogP contribution in [-0.2, 0) is 11.1 Å². The monoisotopic (exact) mass is 233 g/mol. The average molecular weight is 233 g/mol. The third-order valence-corrected chi connectivity index (χ3v) is 2.63. The molecule has 0 fully saturated rings. The van der Waals surface area contributed by atoms with Crippen LogP contribution in [0.15, 0.2) is 34.2 Å². The molecule has 0 heterocycles. The van der Waals surface area contributed by atoms with E-state index in [2.05, 4.69) is 4.99 Å². The van der Waals surface area contributed by atoms with E-state index >= 15 is 0 Å². The zero-order chi connectivity index (χ0) is 10.6. The maximum Gasteiger partial charge on any atom is 1.00 e. The smallest absolute Gasteiger partial charge is 0.768 e. The molecule has 0 radical (unpaired) electrons. The second kappa shape index (κ2) is 7.30. The summed E-state index contributed by atoms with van der Waals surface area (Å²) in [6.07, 6.45) is 1.82. The van der Waals surface area contributed by atoms with Gasteiger partial charge in [-0.2, -0.15) is 0 Å². The zero-order valence-electron chi connectivity index (χ0n) is 9.14. The van der Waals surface area contributed by atoms with Crippen LogP contribution < -0.4 is 29.6 Å². The Labute approximate surface area is 115 Å². The van der Waals surface area contributed by atoms with Gasteiger partial charge in [-0.05, 0) is 28.8 Å². The second-order valence-electron chi connectivity index (χ2n) is 3.00. The number of hydrogen-bond acceptors (Lipinski definition) is 3. The molecular formula is C10H12NNaO2S. The molecule has 0 spiro atoms. The Balaban J connectivity index is 0.00000196. The van der Waals surface area contributed by atoms with Gasteiger partial charge in [0.2, 0.25) is 0 Å². The van der Waals surface area contributed by atoms with Crippen molar-refractivity contribution in [2.45, 2.75) is 17.7 Å². The maximum absolute atomic E-state index is 10.6. The maximum atomic E-state index is 10.6. The normalized spacial score (nSPS) is 14.6. The van der Waals surface area contributed by atoms with Gasteiger partial charge in [-0.3, -0.25) is 4.21 Å². The minimum Gasteiger partial charge on any atom is -0.768 e. The van der Waals surface area contributed by atoms with Crippen LogP contribution in [0.2, 0.25) is 0 Å². The van der Waals surface area contributed by atoms with Gasteiger partial charge in [0.05, 0.1) is 0 Å². The SMILES string of the molecule is CN=CC(C)c1ccc(S(=O)[O-])cc1.[Na+]. The van der Waals surface area contributed by atoms with Crippen molar-refractivity contribution >= 4 is 17.3 Å². The molecule has 0 amide bonds. The Bertz CT molecular complexity index is 351. The number of nitrogens with zero attached hydrogens (tertiary/aromatic N) is 1. The Kier molecular flexibility index (Phi) is 7.30. The Morgan fingerprint density at radius 2 is 1.93 bits per heavy atom. The van der Waals surface area contributed by atoms with E-state index in [1.54, 1.807) is 31.3 Å². The summed E-state index contributed by atoms with van der Waals surface area (Å²) in [6.45, 7) is 2.01. The summed E-state index contributed by atoms with van der Waals surface area (Å²) in [4.78, 5) is 4.24. The molecule has 1 rings (SSSR count). The first-order valence-corrected chi connectivity index (χ1v) is 5.34. The summed E-state index contributed by atoms with van der Waals surface area (Å²) in [6, 6.07) is 6.80. The van der Waals surface area contributed by atoms with Gasteiger partial charge in [-0.25, -0.2) is 0 Å². The van der Waals surface area contributed by atoms with Gasteiger partial charge in [0.25, 0.3) is 0 Å². The van der Waals surface area contributed by atoms with Crippen LogP contribution in [0.5, 0.6) is 0 Å². The molecule has 2 unspecified atom stereocenters. The van der Waals surface area contributed by atoms with Gasteiger partial charge < -0.3 is 9.55 Å². The number of hydrogen-bond donors (Lipinski definition) is 0. The van der Waals surface area contributed by atoms with Crippen molar-refractivity contribution in [1.82, 2.24) is 0 Å². The van der Waals surface area contributed by atoms with Crippen LogP contribution in [0.25, 0.3) is 0 Å². The predicted octanol–water partition coefficient (Wildman–Crippen LogP) is -1.27. The van der Waals surface area contributed by atoms with Crippen LogP contribution in [0.1, 0.15) is 18.4 Å². The molecule has 0 aliphatic rings. The molecule has 15 heavy (non-hydrogen) atoms. The molecule has 0 aromatic heterocycles. The Hall–Kier alpha value is -0.000000000000000222. The quantitative estimate of drug-likeness (QED) is 0.371. The van der Waals surface area contributed by atoms with E-state index in [1.165, 1.54) is 0 Å². The molecule has 3 nitrogen and oxygen atoms in total. The summed E-state index contributed by atoms with van der Waals surface area (Å²) < 4.78 is 21.2. The first kappa shape index (κ1) is 15.0. The predicted molar refractivity (Wildman–Crippen MR) is 56.5 cm³/mol. The second-order valence-corrected chi connectivity index (χ2v) is 3.94. The van der Waals surface area contributed by atoms with Crippen LogP contribution >= 0.6 is 0 Å². The Morgan fingerprint density at radius 3 is 2.33 bits per heavy atom. The minimum atomic E-state index is -2.14. The molecular weight excluding hydrogens is 221 g/mol. The zero-order valence-corrected chi connectivity index (χ0v) is 12.0. The van der Waals surface area contributed by atoms with Crippen LogP contribution in [0.4, 0.5) is 0 Å². The summed E-state index contributed by atoms with van der Waals surface area (Å²) in [5.41, 5.74) is 1.06. The Morgan fingerprint density at radius 1 is 1.40 bits per heavy atom. The van der Waals surface area contributed by atoms with Crippen molar-refractivity contribution in [3.63, 3.8) is 0 Å². The molecule has 5 heteroatoms. The van der Waals surface area contributed by atoms with Crippen molar-refractivity contribution in [3.05, 3.63) is 29.8 Å². The van der Waals surface area contributed by atoms with E-state index in [1.807, 2.05) is 13.1 Å². The van der Waals surface area contributed by atoms with Gasteiger partial charge in [-0.1, -0.05) is 19.1 Å². The van der Waals surface area contributed by atoms with Gasteiger partial charge in [0.1, 0.15) is 0 Å². The third-order valence-electron chi connectivity index (χ3n) is 1.97. The number of rotatable bonds is 3. The molecule has 0 saturated heterocycles.